The Labute approximate surface area is 303 Å². The van der Waals surface area contributed by atoms with E-state index in [1.807, 2.05) is 20.8 Å². The Balaban J connectivity index is 1.27. The van der Waals surface area contributed by atoms with Gasteiger partial charge in [-0.25, -0.2) is 9.52 Å². The number of aromatic nitrogens is 4. The van der Waals surface area contributed by atoms with E-state index in [1.54, 1.807) is 37.5 Å². The maximum atomic E-state index is 14.6. The van der Waals surface area contributed by atoms with E-state index in [9.17, 15) is 27.6 Å². The summed E-state index contributed by atoms with van der Waals surface area (Å²) in [5.41, 5.74) is -1.56. The number of alkyl carbamates (subject to hydrolysis) is 1. The summed E-state index contributed by atoms with van der Waals surface area (Å²) in [5.74, 6) is -3.04. The number of amides is 3. The minimum atomic E-state index is -4.08. The number of ether oxygens (including phenoxy) is 2. The topological polar surface area (TPSA) is 204 Å². The van der Waals surface area contributed by atoms with Crippen LogP contribution in [0.15, 0.2) is 36.9 Å². The first-order chi connectivity index (χ1) is 24.6. The molecule has 2 aromatic rings. The van der Waals surface area contributed by atoms with Crippen molar-refractivity contribution in [3.05, 3.63) is 36.9 Å². The predicted octanol–water partition coefficient (Wildman–Crippen LogP) is 2.70. The van der Waals surface area contributed by atoms with Gasteiger partial charge in [-0.05, 0) is 92.2 Å². The molecule has 0 radical (unpaired) electrons. The number of rotatable bonds is 14. The Hall–Kier alpha value is -4.38. The molecule has 1 saturated heterocycles. The average Bonchev–Trinajstić information content (AvgIpc) is 3.36. The molecule has 6 atom stereocenters. The molecular formula is C35H48N8O8S. The van der Waals surface area contributed by atoms with E-state index in [-0.39, 0.29) is 37.1 Å². The van der Waals surface area contributed by atoms with Gasteiger partial charge in [-0.15, -0.1) is 16.8 Å². The van der Waals surface area contributed by atoms with Gasteiger partial charge >= 0.3 is 16.3 Å². The van der Waals surface area contributed by atoms with E-state index in [0.717, 1.165) is 19.3 Å². The summed E-state index contributed by atoms with van der Waals surface area (Å²) in [4.78, 5) is 56.9. The van der Waals surface area contributed by atoms with Crippen LogP contribution in [0.2, 0.25) is 0 Å². The molecule has 6 rings (SSSR count). The highest BCUT2D eigenvalue weighted by Crippen LogP contribution is 2.48. The molecule has 52 heavy (non-hydrogen) atoms. The second-order valence-electron chi connectivity index (χ2n) is 15.4. The van der Waals surface area contributed by atoms with Crippen molar-refractivity contribution in [3.63, 3.8) is 0 Å². The number of Topliss-reactive ketones (excluding diaryl/α,β-unsaturated/α-hetero) is 1. The number of tetrazole rings is 1. The molecule has 0 spiro atoms. The summed E-state index contributed by atoms with van der Waals surface area (Å²) in [6.45, 7) is 9.84. The number of benzene rings is 1. The van der Waals surface area contributed by atoms with E-state index < -0.39 is 63.0 Å². The third kappa shape index (κ3) is 7.70. The first-order valence-corrected chi connectivity index (χ1v) is 19.3. The lowest BCUT2D eigenvalue weighted by molar-refractivity contribution is -0.137. The van der Waals surface area contributed by atoms with Crippen LogP contribution >= 0.6 is 0 Å². The van der Waals surface area contributed by atoms with Gasteiger partial charge in [0.25, 0.3) is 5.91 Å². The monoisotopic (exact) mass is 740 g/mol. The van der Waals surface area contributed by atoms with E-state index in [2.05, 4.69) is 37.3 Å². The molecule has 2 unspecified atom stereocenters. The molecular weight excluding hydrogens is 693 g/mol. The van der Waals surface area contributed by atoms with Gasteiger partial charge in [0.05, 0.1) is 19.2 Å². The van der Waals surface area contributed by atoms with Crippen molar-refractivity contribution in [1.82, 2.24) is 39.9 Å². The SMILES string of the molecule is C=CC[C@@H]1C[C@@]1(NC(=O)[C@@H]1C[C@@H](n2nnc(-c3ccc(OC)cc3)n2)CC1C(=O)C(NC(=O)OC1CCC1)C(C)(C)C)C(=O)NS(=O)(=O)N1CCC1. The molecule has 1 aromatic carbocycles. The standard InChI is InChI=1S/C35H48N8O8S/c1-6-9-22-20-35(22,32(46)40-52(48,49)42-16-8-17-42)37-31(45)27-19-23(43-39-30(38-41-43)21-12-14-24(50-5)15-13-21)18-26(27)28(44)29(34(2,3)4)36-33(47)51-25-10-7-11-25/h6,12-15,22-23,25-27,29H,1,7-11,16-20H2,2-5H3,(H,36,47)(H,37,45)(H,40,46)/t22-,23+,26?,27-,29?,35+/m1/s1. The van der Waals surface area contributed by atoms with Gasteiger partial charge < -0.3 is 20.1 Å². The van der Waals surface area contributed by atoms with Crippen molar-refractivity contribution in [2.75, 3.05) is 20.2 Å². The number of nitrogens with zero attached hydrogens (tertiary/aromatic N) is 5. The first kappa shape index (κ1) is 37.4. The van der Waals surface area contributed by atoms with Crippen LogP contribution in [0.4, 0.5) is 4.79 Å². The fraction of sp³-hybridized carbons (Fsp3) is 0.629. The van der Waals surface area contributed by atoms with Crippen molar-refractivity contribution in [1.29, 1.82) is 0 Å². The highest BCUT2D eigenvalue weighted by Gasteiger charge is 2.62. The molecule has 4 fully saturated rings. The lowest BCUT2D eigenvalue weighted by Gasteiger charge is -2.34. The molecule has 0 bridgehead atoms. The van der Waals surface area contributed by atoms with Crippen LogP contribution in [0, 0.1) is 23.2 Å². The second kappa shape index (κ2) is 14.6. The van der Waals surface area contributed by atoms with Crippen molar-refractivity contribution in [2.45, 2.75) is 95.9 Å². The lowest BCUT2D eigenvalue weighted by Crippen LogP contribution is -2.58. The fourth-order valence-corrected chi connectivity index (χ4v) is 8.46. The number of hydrogen-bond donors (Lipinski definition) is 3. The number of methoxy groups -OCH3 is 1. The molecule has 3 amide bonds. The Morgan fingerprint density at radius 1 is 1.08 bits per heavy atom. The van der Waals surface area contributed by atoms with Gasteiger partial charge in [0.15, 0.2) is 5.78 Å². The molecule has 16 nitrogen and oxygen atoms in total. The zero-order valence-corrected chi connectivity index (χ0v) is 30.9. The smallest absolute Gasteiger partial charge is 0.408 e. The largest absolute Gasteiger partial charge is 0.497 e. The third-order valence-electron chi connectivity index (χ3n) is 10.8. The molecule has 2 heterocycles. The number of carbonyl (C=O) groups excluding carboxylic acids is 4. The summed E-state index contributed by atoms with van der Waals surface area (Å²) in [6, 6.07) is 5.59. The quantitative estimate of drug-likeness (QED) is 0.240. The Kier molecular flexibility index (Phi) is 10.5. The van der Waals surface area contributed by atoms with E-state index in [1.165, 1.54) is 9.10 Å². The second-order valence-corrected chi connectivity index (χ2v) is 17.0. The number of ketones is 1. The van der Waals surface area contributed by atoms with Crippen LogP contribution < -0.4 is 20.1 Å². The van der Waals surface area contributed by atoms with Crippen LogP contribution in [0.3, 0.4) is 0 Å². The maximum Gasteiger partial charge on any atom is 0.408 e. The highest BCUT2D eigenvalue weighted by molar-refractivity contribution is 7.87. The molecule has 1 aromatic heterocycles. The molecule has 3 N–H and O–H groups in total. The molecule has 4 aliphatic rings. The zero-order chi connectivity index (χ0) is 37.4. The van der Waals surface area contributed by atoms with Crippen molar-refractivity contribution < 1.29 is 37.1 Å². The highest BCUT2D eigenvalue weighted by atomic mass is 32.2. The Bertz CT molecular complexity index is 1800. The summed E-state index contributed by atoms with van der Waals surface area (Å²) >= 11 is 0. The lowest BCUT2D eigenvalue weighted by atomic mass is 9.77. The number of nitrogens with one attached hydrogen (secondary N) is 3. The molecule has 1 aliphatic heterocycles. The van der Waals surface area contributed by atoms with E-state index in [0.29, 0.717) is 43.1 Å². The number of carbonyl (C=O) groups is 4. The Morgan fingerprint density at radius 2 is 1.77 bits per heavy atom. The molecule has 17 heteroatoms. The van der Waals surface area contributed by atoms with Crippen molar-refractivity contribution in [2.24, 2.45) is 23.2 Å². The predicted molar refractivity (Wildman–Crippen MR) is 188 cm³/mol. The van der Waals surface area contributed by atoms with Crippen LogP contribution in [-0.2, 0) is 29.3 Å². The summed E-state index contributed by atoms with van der Waals surface area (Å²) < 4.78 is 39.8. The minimum Gasteiger partial charge on any atom is -0.497 e. The van der Waals surface area contributed by atoms with Crippen LogP contribution in [-0.4, -0.2) is 94.5 Å². The van der Waals surface area contributed by atoms with Crippen LogP contribution in [0.1, 0.15) is 78.2 Å². The summed E-state index contributed by atoms with van der Waals surface area (Å²) in [7, 11) is -2.51. The van der Waals surface area contributed by atoms with Gasteiger partial charge in [-0.2, -0.15) is 17.5 Å². The van der Waals surface area contributed by atoms with Gasteiger partial charge in [0.1, 0.15) is 17.4 Å². The summed E-state index contributed by atoms with van der Waals surface area (Å²) in [6.07, 6.45) is 4.76. The van der Waals surface area contributed by atoms with Crippen LogP contribution in [0.25, 0.3) is 11.4 Å². The summed E-state index contributed by atoms with van der Waals surface area (Å²) in [5, 5.41) is 18.8. The van der Waals surface area contributed by atoms with Crippen molar-refractivity contribution >= 4 is 33.9 Å². The number of hydrogen-bond acceptors (Lipinski definition) is 11. The maximum absolute atomic E-state index is 14.6. The fourth-order valence-electron chi connectivity index (χ4n) is 7.18. The number of allylic oxidation sites excluding steroid dienone is 1. The Morgan fingerprint density at radius 3 is 2.35 bits per heavy atom. The normalized spacial score (nSPS) is 26.6. The zero-order valence-electron chi connectivity index (χ0n) is 30.0. The van der Waals surface area contributed by atoms with Crippen molar-refractivity contribution in [3.8, 4) is 17.1 Å². The van der Waals surface area contributed by atoms with Gasteiger partial charge in [0.2, 0.25) is 11.7 Å². The van der Waals surface area contributed by atoms with Crippen LogP contribution in [0.5, 0.6) is 5.75 Å². The first-order valence-electron chi connectivity index (χ1n) is 17.8. The third-order valence-corrected chi connectivity index (χ3v) is 12.3. The molecule has 3 aliphatic carbocycles. The van der Waals surface area contributed by atoms with Gasteiger partial charge in [0, 0.05) is 30.5 Å². The van der Waals surface area contributed by atoms with E-state index >= 15 is 0 Å². The van der Waals surface area contributed by atoms with Gasteiger partial charge in [-0.3, -0.25) is 14.4 Å². The van der Waals surface area contributed by atoms with Gasteiger partial charge in [-0.1, -0.05) is 26.8 Å². The molecule has 3 saturated carbocycles. The molecule has 282 valence electrons. The average molecular weight is 741 g/mol. The van der Waals surface area contributed by atoms with E-state index in [4.69, 9.17) is 9.47 Å². The minimum absolute atomic E-state index is 0.125.